The Hall–Kier alpha value is -0.770. The van der Waals surface area contributed by atoms with Crippen molar-refractivity contribution in [3.63, 3.8) is 0 Å². The molecule has 0 saturated carbocycles. The predicted molar refractivity (Wildman–Crippen MR) is 47.8 cm³/mol. The molecule has 1 rings (SSSR count). The molecule has 0 aromatic rings. The molecule has 1 aliphatic rings. The summed E-state index contributed by atoms with van der Waals surface area (Å²) in [6.07, 6.45) is 1.01. The van der Waals surface area contributed by atoms with Gasteiger partial charge in [-0.2, -0.15) is 0 Å². The molecule has 1 heterocycles. The van der Waals surface area contributed by atoms with Crippen LogP contribution in [0.15, 0.2) is 0 Å². The highest BCUT2D eigenvalue weighted by molar-refractivity contribution is 5.73. The van der Waals surface area contributed by atoms with E-state index >= 15 is 0 Å². The van der Waals surface area contributed by atoms with E-state index in [9.17, 15) is 4.79 Å². The van der Waals surface area contributed by atoms with Gasteiger partial charge in [-0.15, -0.1) is 0 Å². The maximum absolute atomic E-state index is 11.2. The van der Waals surface area contributed by atoms with Crippen LogP contribution in [0.1, 0.15) is 13.3 Å². The van der Waals surface area contributed by atoms with Gasteiger partial charge in [0, 0.05) is 26.2 Å². The number of carbonyl (C=O) groups is 1. The van der Waals surface area contributed by atoms with Gasteiger partial charge in [-0.25, -0.2) is 4.79 Å². The Labute approximate surface area is 73.1 Å². The first-order valence-electron chi connectivity index (χ1n) is 4.37. The molecule has 1 fully saturated rings. The first kappa shape index (κ1) is 9.32. The average Bonchev–Trinajstić information content (AvgIpc) is 2.08. The van der Waals surface area contributed by atoms with Crippen LogP contribution < -0.4 is 11.1 Å². The van der Waals surface area contributed by atoms with Crippen molar-refractivity contribution in [3.8, 4) is 0 Å². The summed E-state index contributed by atoms with van der Waals surface area (Å²) < 4.78 is 0. The van der Waals surface area contributed by atoms with Crippen LogP contribution in [0.3, 0.4) is 0 Å². The molecule has 70 valence electrons. The molecule has 0 aromatic carbocycles. The van der Waals surface area contributed by atoms with Crippen LogP contribution in [0.2, 0.25) is 0 Å². The van der Waals surface area contributed by atoms with Crippen LogP contribution >= 0.6 is 0 Å². The molecule has 12 heavy (non-hydrogen) atoms. The fourth-order valence-corrected chi connectivity index (χ4v) is 1.44. The minimum Gasteiger partial charge on any atom is -0.341 e. The summed E-state index contributed by atoms with van der Waals surface area (Å²) in [6, 6.07) is 0.119. The molecule has 2 unspecified atom stereocenters. The summed E-state index contributed by atoms with van der Waals surface area (Å²) >= 11 is 0. The van der Waals surface area contributed by atoms with Gasteiger partial charge in [-0.05, 0) is 12.3 Å². The van der Waals surface area contributed by atoms with Crippen molar-refractivity contribution in [2.45, 2.75) is 19.4 Å². The highest BCUT2D eigenvalue weighted by Gasteiger charge is 2.25. The third-order valence-electron chi connectivity index (χ3n) is 2.52. The zero-order chi connectivity index (χ0) is 9.14. The van der Waals surface area contributed by atoms with E-state index in [-0.39, 0.29) is 12.1 Å². The molecule has 0 bridgehead atoms. The second-order valence-electron chi connectivity index (χ2n) is 3.43. The quantitative estimate of drug-likeness (QED) is 0.539. The van der Waals surface area contributed by atoms with Gasteiger partial charge in [0.15, 0.2) is 0 Å². The number of hydrogen-bond acceptors (Lipinski definition) is 2. The number of urea groups is 1. The van der Waals surface area contributed by atoms with Gasteiger partial charge in [0.05, 0.1) is 0 Å². The topological polar surface area (TPSA) is 58.4 Å². The van der Waals surface area contributed by atoms with Crippen molar-refractivity contribution in [2.24, 2.45) is 11.7 Å². The molecule has 4 heteroatoms. The average molecular weight is 171 g/mol. The highest BCUT2D eigenvalue weighted by Crippen LogP contribution is 2.14. The number of likely N-dealkylation sites (tertiary alicyclic amines) is 1. The minimum absolute atomic E-state index is 0.0163. The van der Waals surface area contributed by atoms with E-state index in [0.29, 0.717) is 12.5 Å². The zero-order valence-corrected chi connectivity index (χ0v) is 7.71. The molecule has 0 radical (unpaired) electrons. The number of nitrogens with two attached hydrogens (primary N) is 1. The van der Waals surface area contributed by atoms with Crippen molar-refractivity contribution in [2.75, 3.05) is 20.1 Å². The molecular formula is C8H17N3O. The minimum atomic E-state index is -0.0163. The van der Waals surface area contributed by atoms with Crippen LogP contribution in [-0.2, 0) is 0 Å². The van der Waals surface area contributed by atoms with Gasteiger partial charge in [0.2, 0.25) is 0 Å². The molecule has 1 aliphatic heterocycles. The Morgan fingerprint density at radius 1 is 1.67 bits per heavy atom. The van der Waals surface area contributed by atoms with E-state index in [2.05, 4.69) is 12.2 Å². The molecule has 0 aliphatic carbocycles. The lowest BCUT2D eigenvalue weighted by atomic mass is 9.95. The lowest BCUT2D eigenvalue weighted by molar-refractivity contribution is 0.164. The van der Waals surface area contributed by atoms with Crippen molar-refractivity contribution in [3.05, 3.63) is 0 Å². The van der Waals surface area contributed by atoms with Gasteiger partial charge in [-0.1, -0.05) is 6.92 Å². The van der Waals surface area contributed by atoms with Crippen LogP contribution in [-0.4, -0.2) is 37.1 Å². The van der Waals surface area contributed by atoms with Gasteiger partial charge in [-0.3, -0.25) is 0 Å². The van der Waals surface area contributed by atoms with Crippen molar-refractivity contribution < 1.29 is 4.79 Å². The normalized spacial score (nSPS) is 30.1. The molecule has 4 nitrogen and oxygen atoms in total. The lowest BCUT2D eigenvalue weighted by Gasteiger charge is -2.34. The Bertz CT molecular complexity index is 172. The van der Waals surface area contributed by atoms with Gasteiger partial charge < -0.3 is 16.0 Å². The Balaban J connectivity index is 2.45. The van der Waals surface area contributed by atoms with Crippen LogP contribution in [0.5, 0.6) is 0 Å². The fraction of sp³-hybridized carbons (Fsp3) is 0.875. The van der Waals surface area contributed by atoms with Crippen molar-refractivity contribution in [1.29, 1.82) is 0 Å². The van der Waals surface area contributed by atoms with Crippen LogP contribution in [0.25, 0.3) is 0 Å². The van der Waals surface area contributed by atoms with Crippen molar-refractivity contribution >= 4 is 6.03 Å². The third-order valence-corrected chi connectivity index (χ3v) is 2.52. The predicted octanol–water partition coefficient (Wildman–Crippen LogP) is -0.00510. The Kier molecular flexibility index (Phi) is 2.92. The second-order valence-corrected chi connectivity index (χ2v) is 3.43. The summed E-state index contributed by atoms with van der Waals surface area (Å²) in [4.78, 5) is 12.9. The molecular weight excluding hydrogens is 154 g/mol. The monoisotopic (exact) mass is 171 g/mol. The molecule has 0 aromatic heterocycles. The van der Waals surface area contributed by atoms with Crippen molar-refractivity contribution in [1.82, 2.24) is 10.2 Å². The Morgan fingerprint density at radius 2 is 2.33 bits per heavy atom. The second kappa shape index (κ2) is 3.76. The first-order chi connectivity index (χ1) is 5.65. The van der Waals surface area contributed by atoms with Gasteiger partial charge in [0.1, 0.15) is 0 Å². The van der Waals surface area contributed by atoms with E-state index in [1.54, 1.807) is 11.9 Å². The molecule has 0 spiro atoms. The highest BCUT2D eigenvalue weighted by atomic mass is 16.2. The third kappa shape index (κ3) is 1.88. The van der Waals surface area contributed by atoms with E-state index < -0.39 is 0 Å². The number of rotatable bonds is 0. The summed E-state index contributed by atoms with van der Waals surface area (Å²) in [6.45, 7) is 3.64. The maximum atomic E-state index is 11.2. The molecule has 3 N–H and O–H groups in total. The number of hydrogen-bond donors (Lipinski definition) is 2. The van der Waals surface area contributed by atoms with Gasteiger partial charge >= 0.3 is 6.03 Å². The van der Waals surface area contributed by atoms with Gasteiger partial charge in [0.25, 0.3) is 0 Å². The summed E-state index contributed by atoms with van der Waals surface area (Å²) in [5, 5.41) is 2.60. The summed E-state index contributed by atoms with van der Waals surface area (Å²) in [5.74, 6) is 0.533. The largest absolute Gasteiger partial charge is 0.341 e. The molecule has 2 atom stereocenters. The SMILES string of the molecule is CNC(=O)N1CCC(C)C(N)C1. The zero-order valence-electron chi connectivity index (χ0n) is 7.71. The number of nitrogens with one attached hydrogen (secondary N) is 1. The number of amides is 2. The molecule has 2 amide bonds. The fourth-order valence-electron chi connectivity index (χ4n) is 1.44. The standard InChI is InChI=1S/C8H17N3O/c1-6-3-4-11(5-7(6)9)8(12)10-2/h6-7H,3-5,9H2,1-2H3,(H,10,12). The van der Waals surface area contributed by atoms with Crippen LogP contribution in [0, 0.1) is 5.92 Å². The Morgan fingerprint density at radius 3 is 2.83 bits per heavy atom. The van der Waals surface area contributed by atoms with Crippen LogP contribution in [0.4, 0.5) is 4.79 Å². The first-order valence-corrected chi connectivity index (χ1v) is 4.37. The lowest BCUT2D eigenvalue weighted by Crippen LogP contribution is -2.52. The smallest absolute Gasteiger partial charge is 0.317 e. The van der Waals surface area contributed by atoms with E-state index in [1.807, 2.05) is 0 Å². The maximum Gasteiger partial charge on any atom is 0.317 e. The number of piperidine rings is 1. The van der Waals surface area contributed by atoms with E-state index in [1.165, 1.54) is 0 Å². The number of carbonyl (C=O) groups excluding carboxylic acids is 1. The molecule has 1 saturated heterocycles. The van der Waals surface area contributed by atoms with E-state index in [4.69, 9.17) is 5.73 Å². The summed E-state index contributed by atoms with van der Waals surface area (Å²) in [7, 11) is 1.64. The number of nitrogens with zero attached hydrogens (tertiary/aromatic N) is 1. The summed E-state index contributed by atoms with van der Waals surface area (Å²) in [5.41, 5.74) is 5.84. The van der Waals surface area contributed by atoms with E-state index in [0.717, 1.165) is 13.0 Å².